The first-order valence-electron chi connectivity index (χ1n) is 4.87. The number of aromatic nitrogens is 1. The van der Waals surface area contributed by atoms with Crippen molar-refractivity contribution in [3.05, 3.63) is 45.4 Å². The van der Waals surface area contributed by atoms with Crippen LogP contribution in [0.15, 0.2) is 23.2 Å². The topological polar surface area (TPSA) is 47.0 Å². The highest BCUT2D eigenvalue weighted by Gasteiger charge is 2.38. The molecule has 0 spiro atoms. The predicted octanol–water partition coefficient (Wildman–Crippen LogP) is 3.26. The lowest BCUT2D eigenvalue weighted by Gasteiger charge is -2.04. The van der Waals surface area contributed by atoms with E-state index in [1.807, 2.05) is 0 Å². The Kier molecular flexibility index (Phi) is 4.13. The predicted molar refractivity (Wildman–Crippen MR) is 67.1 cm³/mol. The molecule has 0 amide bonds. The van der Waals surface area contributed by atoms with Gasteiger partial charge >= 0.3 is 5.51 Å². The summed E-state index contributed by atoms with van der Waals surface area (Å²) in [5.74, 6) is -0.569. The monoisotopic (exact) mass is 337 g/mol. The van der Waals surface area contributed by atoms with Crippen LogP contribution in [0.3, 0.4) is 0 Å². The summed E-state index contributed by atoms with van der Waals surface area (Å²) in [6.45, 7) is 0. The molecular weight excluding hydrogens is 335 g/mol. The van der Waals surface area contributed by atoms with Crippen LogP contribution in [0.4, 0.5) is 13.2 Å². The summed E-state index contributed by atoms with van der Waals surface area (Å²) >= 11 is 6.47. The molecule has 0 aliphatic rings. The summed E-state index contributed by atoms with van der Waals surface area (Å²) in [6.07, 6.45) is 1.21. The van der Waals surface area contributed by atoms with E-state index in [2.05, 4.69) is 17.1 Å². The lowest BCUT2D eigenvalue weighted by Crippen LogP contribution is -2.16. The quantitative estimate of drug-likeness (QED) is 0.808. The fourth-order valence-corrected chi connectivity index (χ4v) is 2.80. The van der Waals surface area contributed by atoms with Gasteiger partial charge in [0.05, 0.1) is 16.0 Å². The average molecular weight is 338 g/mol. The van der Waals surface area contributed by atoms with Gasteiger partial charge in [-0.05, 0) is 12.1 Å². The Bertz CT molecular complexity index is 684. The van der Waals surface area contributed by atoms with Gasteiger partial charge in [0.2, 0.25) is 5.78 Å². The molecule has 0 bridgehead atoms. The smallest absolute Gasteiger partial charge is 0.288 e. The SMILES string of the molecule is O=C(c1cc#cc(S(=O)C(F)(F)F)c1)c1cnc(Cl)s1. The minimum absolute atomic E-state index is 0.0864. The molecule has 1 aromatic heterocycles. The molecule has 0 aliphatic heterocycles. The Balaban J connectivity index is 2.35. The number of carbonyl (C=O) groups is 1. The molecule has 0 radical (unpaired) electrons. The van der Waals surface area contributed by atoms with Crippen LogP contribution in [-0.2, 0) is 10.8 Å². The van der Waals surface area contributed by atoms with Crippen molar-refractivity contribution in [2.24, 2.45) is 0 Å². The van der Waals surface area contributed by atoms with E-state index in [4.69, 9.17) is 11.6 Å². The van der Waals surface area contributed by atoms with Crippen LogP contribution in [0.1, 0.15) is 15.2 Å². The van der Waals surface area contributed by atoms with Gasteiger partial charge in [-0.2, -0.15) is 13.2 Å². The lowest BCUT2D eigenvalue weighted by atomic mass is 10.1. The summed E-state index contributed by atoms with van der Waals surface area (Å²) in [7, 11) is -3.26. The summed E-state index contributed by atoms with van der Waals surface area (Å²) in [6, 6.07) is 6.37. The average Bonchev–Trinajstić information content (AvgIpc) is 2.82. The number of thiazole rings is 1. The van der Waals surface area contributed by atoms with E-state index in [0.29, 0.717) is 0 Å². The van der Waals surface area contributed by atoms with Gasteiger partial charge in [0.15, 0.2) is 15.3 Å². The minimum atomic E-state index is -4.92. The maximum absolute atomic E-state index is 12.3. The Morgan fingerprint density at radius 1 is 1.45 bits per heavy atom. The van der Waals surface area contributed by atoms with Gasteiger partial charge in [-0.3, -0.25) is 4.79 Å². The molecule has 1 heterocycles. The van der Waals surface area contributed by atoms with Crippen molar-refractivity contribution in [1.29, 1.82) is 0 Å². The number of hydrogen-bond donors (Lipinski definition) is 0. The van der Waals surface area contributed by atoms with E-state index < -0.39 is 27.0 Å². The zero-order valence-electron chi connectivity index (χ0n) is 9.32. The maximum Gasteiger partial charge on any atom is 0.476 e. The molecule has 20 heavy (non-hydrogen) atoms. The van der Waals surface area contributed by atoms with Gasteiger partial charge in [-0.15, -0.1) is 0 Å². The van der Waals surface area contributed by atoms with Gasteiger partial charge in [-0.1, -0.05) is 35.1 Å². The molecule has 1 atom stereocenters. The van der Waals surface area contributed by atoms with Crippen LogP contribution >= 0.6 is 22.9 Å². The van der Waals surface area contributed by atoms with Crippen molar-refractivity contribution >= 4 is 39.5 Å². The van der Waals surface area contributed by atoms with Gasteiger partial charge in [0.25, 0.3) is 0 Å². The van der Waals surface area contributed by atoms with Crippen LogP contribution < -0.4 is 0 Å². The van der Waals surface area contributed by atoms with Crippen molar-refractivity contribution in [2.75, 3.05) is 0 Å². The lowest BCUT2D eigenvalue weighted by molar-refractivity contribution is -0.0384. The van der Waals surface area contributed by atoms with E-state index >= 15 is 0 Å². The van der Waals surface area contributed by atoms with Crippen LogP contribution in [0.5, 0.6) is 0 Å². The third-order valence-corrected chi connectivity index (χ3v) is 4.24. The second-order valence-corrected chi connectivity index (χ2v) is 6.45. The second kappa shape index (κ2) is 5.52. The fourth-order valence-electron chi connectivity index (χ4n) is 1.26. The molecule has 2 aromatic rings. The molecular formula is C11H3ClF3NO2S2. The Morgan fingerprint density at radius 2 is 2.15 bits per heavy atom. The molecule has 0 N–H and O–H groups in total. The van der Waals surface area contributed by atoms with Crippen molar-refractivity contribution in [3.63, 3.8) is 0 Å². The summed E-state index contributed by atoms with van der Waals surface area (Å²) in [5.41, 5.74) is -5.00. The first-order valence-corrected chi connectivity index (χ1v) is 7.21. The zero-order valence-corrected chi connectivity index (χ0v) is 11.7. The van der Waals surface area contributed by atoms with E-state index in [9.17, 15) is 22.2 Å². The Hall–Kier alpha value is -1.43. The third-order valence-electron chi connectivity index (χ3n) is 2.08. The minimum Gasteiger partial charge on any atom is -0.288 e. The maximum atomic E-state index is 12.3. The molecule has 0 saturated carbocycles. The molecule has 1 unspecified atom stereocenters. The first kappa shape index (κ1) is 15.0. The number of ketones is 1. The van der Waals surface area contributed by atoms with Crippen molar-refractivity contribution in [1.82, 2.24) is 4.98 Å². The van der Waals surface area contributed by atoms with Gasteiger partial charge in [0.1, 0.15) is 0 Å². The molecule has 2 rings (SSSR count). The largest absolute Gasteiger partial charge is 0.476 e. The zero-order chi connectivity index (χ0) is 14.9. The first-order chi connectivity index (χ1) is 9.29. The highest BCUT2D eigenvalue weighted by molar-refractivity contribution is 7.85. The van der Waals surface area contributed by atoms with Crippen molar-refractivity contribution in [2.45, 2.75) is 10.4 Å². The van der Waals surface area contributed by atoms with Crippen LogP contribution in [0.25, 0.3) is 0 Å². The van der Waals surface area contributed by atoms with E-state index in [-0.39, 0.29) is 14.9 Å². The van der Waals surface area contributed by atoms with Gasteiger partial charge in [0, 0.05) is 5.56 Å². The molecule has 1 aromatic carbocycles. The van der Waals surface area contributed by atoms with Gasteiger partial charge in [-0.25, -0.2) is 9.19 Å². The number of alkyl halides is 3. The second-order valence-electron chi connectivity index (χ2n) is 3.40. The van der Waals surface area contributed by atoms with Crippen LogP contribution in [0.2, 0.25) is 4.47 Å². The van der Waals surface area contributed by atoms with Crippen molar-refractivity contribution < 1.29 is 22.2 Å². The number of rotatable bonds is 3. The molecule has 0 fully saturated rings. The molecule has 9 heteroatoms. The number of nitrogens with zero attached hydrogens (tertiary/aromatic N) is 1. The number of halogens is 4. The standard InChI is InChI=1S/C11H3ClF3NO2S2/c12-10-16-5-8(19-10)9(17)6-2-1-3-7(4-6)20(18)11(13,14)15/h2,4-5H. The third kappa shape index (κ3) is 3.17. The van der Waals surface area contributed by atoms with Gasteiger partial charge < -0.3 is 0 Å². The molecule has 104 valence electrons. The molecule has 0 aliphatic carbocycles. The Morgan fingerprint density at radius 3 is 2.70 bits per heavy atom. The Labute approximate surface area is 122 Å². The summed E-state index contributed by atoms with van der Waals surface area (Å²) in [4.78, 5) is 15.2. The summed E-state index contributed by atoms with van der Waals surface area (Å²) < 4.78 is 48.4. The summed E-state index contributed by atoms with van der Waals surface area (Å²) in [5, 5.41) is 0. The number of hydrogen-bond acceptors (Lipinski definition) is 4. The van der Waals surface area contributed by atoms with Crippen LogP contribution in [0, 0.1) is 12.1 Å². The molecule has 0 saturated heterocycles. The fraction of sp³-hybridized carbons (Fsp3) is 0.0909. The van der Waals surface area contributed by atoms with Crippen molar-refractivity contribution in [3.8, 4) is 0 Å². The number of carbonyl (C=O) groups excluding carboxylic acids is 1. The normalized spacial score (nSPS) is 12.8. The van der Waals surface area contributed by atoms with E-state index in [0.717, 1.165) is 23.5 Å². The highest BCUT2D eigenvalue weighted by Crippen LogP contribution is 2.26. The van der Waals surface area contributed by atoms with Crippen LogP contribution in [-0.4, -0.2) is 20.5 Å². The van der Waals surface area contributed by atoms with E-state index in [1.165, 1.54) is 6.20 Å². The highest BCUT2D eigenvalue weighted by atomic mass is 35.5. The molecule has 3 nitrogen and oxygen atoms in total. The van der Waals surface area contributed by atoms with E-state index in [1.54, 1.807) is 0 Å².